The Hall–Kier alpha value is -8.38. The van der Waals surface area contributed by atoms with E-state index in [2.05, 4.69) is 21.3 Å². The van der Waals surface area contributed by atoms with Crippen LogP contribution in [0.1, 0.15) is 68.9 Å². The van der Waals surface area contributed by atoms with E-state index >= 15 is 0 Å². The molecule has 6 rings (SSSR count). The van der Waals surface area contributed by atoms with E-state index < -0.39 is 46.6 Å². The molecule has 68 heavy (non-hydrogen) atoms. The molecule has 348 valence electrons. The van der Waals surface area contributed by atoms with Crippen LogP contribution in [0.4, 0.5) is 0 Å². The van der Waals surface area contributed by atoms with E-state index in [1.54, 1.807) is 60.7 Å². The summed E-state index contributed by atoms with van der Waals surface area (Å²) >= 11 is 0. The molecule has 0 bridgehead atoms. The third-order valence-electron chi connectivity index (χ3n) is 10.9. The van der Waals surface area contributed by atoms with Crippen molar-refractivity contribution in [2.24, 2.45) is 0 Å². The van der Waals surface area contributed by atoms with Crippen LogP contribution in [0.5, 0.6) is 0 Å². The van der Waals surface area contributed by atoms with Gasteiger partial charge in [0.05, 0.1) is 26.3 Å². The monoisotopic (exact) mass is 912 g/mol. The van der Waals surface area contributed by atoms with Gasteiger partial charge in [0, 0.05) is 36.1 Å². The van der Waals surface area contributed by atoms with Crippen LogP contribution in [0.3, 0.4) is 0 Å². The summed E-state index contributed by atoms with van der Waals surface area (Å²) in [5.74, 6) is -3.03. The van der Waals surface area contributed by atoms with Crippen LogP contribution in [-0.2, 0) is 41.5 Å². The molecule has 0 fully saturated rings. The molecule has 6 aromatic carbocycles. The molecular weight excluding hydrogens is 857 g/mol. The summed E-state index contributed by atoms with van der Waals surface area (Å²) in [6, 6.07) is 54.2. The van der Waals surface area contributed by atoms with Crippen molar-refractivity contribution in [2.75, 3.05) is 14.2 Å². The molecule has 0 spiro atoms. The van der Waals surface area contributed by atoms with Crippen molar-refractivity contribution in [2.45, 2.75) is 49.9 Å². The van der Waals surface area contributed by atoms with Crippen LogP contribution < -0.4 is 21.3 Å². The summed E-state index contributed by atoms with van der Waals surface area (Å²) in [6.07, 6.45) is 5.40. The van der Waals surface area contributed by atoms with Gasteiger partial charge in [-0.1, -0.05) is 158 Å². The highest BCUT2D eigenvalue weighted by atomic mass is 16.5. The lowest BCUT2D eigenvalue weighted by Crippen LogP contribution is -2.59. The first-order valence-electron chi connectivity index (χ1n) is 22.0. The Kier molecular flexibility index (Phi) is 18.9. The molecule has 0 aliphatic heterocycles. The number of amides is 4. The van der Waals surface area contributed by atoms with Gasteiger partial charge >= 0.3 is 11.9 Å². The fraction of sp³-hybridized carbons (Fsp3) is 0.179. The highest BCUT2D eigenvalue weighted by molar-refractivity contribution is 6.02. The number of carbonyl (C=O) groups is 6. The Labute approximate surface area is 397 Å². The lowest BCUT2D eigenvalue weighted by atomic mass is 9.87. The Morgan fingerprint density at radius 2 is 0.721 bits per heavy atom. The normalized spacial score (nSPS) is 13.5. The number of nitrogens with one attached hydrogen (secondary N) is 4. The molecule has 0 unspecified atom stereocenters. The molecule has 0 aromatic heterocycles. The van der Waals surface area contributed by atoms with Gasteiger partial charge in [0.1, 0.15) is 11.1 Å². The molecule has 0 aliphatic carbocycles. The van der Waals surface area contributed by atoms with Crippen molar-refractivity contribution in [1.29, 1.82) is 0 Å². The average molecular weight is 913 g/mol. The largest absolute Gasteiger partial charge is 0.466 e. The third kappa shape index (κ3) is 14.8. The first kappa shape index (κ1) is 50.6. The molecule has 0 saturated heterocycles. The van der Waals surface area contributed by atoms with E-state index in [9.17, 15) is 28.8 Å². The second-order valence-electron chi connectivity index (χ2n) is 15.8. The average Bonchev–Trinajstić information content (AvgIpc) is 3.38. The van der Waals surface area contributed by atoms with E-state index in [4.69, 9.17) is 9.47 Å². The van der Waals surface area contributed by atoms with Crippen LogP contribution in [-0.4, -0.2) is 60.9 Å². The van der Waals surface area contributed by atoms with E-state index in [1.165, 1.54) is 38.5 Å². The van der Waals surface area contributed by atoms with Gasteiger partial charge < -0.3 is 30.7 Å². The smallest absolute Gasteiger partial charge is 0.330 e. The van der Waals surface area contributed by atoms with Gasteiger partial charge in [-0.05, 0) is 72.5 Å². The summed E-state index contributed by atoms with van der Waals surface area (Å²) in [4.78, 5) is 77.9. The second kappa shape index (κ2) is 25.4. The Bertz CT molecular complexity index is 2450. The van der Waals surface area contributed by atoms with E-state index in [1.807, 2.05) is 135 Å². The zero-order valence-electron chi connectivity index (χ0n) is 38.5. The van der Waals surface area contributed by atoms with Gasteiger partial charge in [-0.15, -0.1) is 0 Å². The maximum atomic E-state index is 13.8. The van der Waals surface area contributed by atoms with E-state index in [0.29, 0.717) is 11.1 Å². The standard InChI is InChI=1S/2C28H28N2O4/c2*1-21(23-14-8-4-9-15-23)29-27(33)28(19-18-25(31)34-2,20-22-12-6-3-7-13-22)30-26(32)24-16-10-5-11-17-24/h2*3-19,21H,20H2,1-2H3,(H,29,33)(H,30,32)/b2*19-18+/t2*21-,28-/m11/s1. The topological polar surface area (TPSA) is 169 Å². The fourth-order valence-corrected chi connectivity index (χ4v) is 7.14. The van der Waals surface area contributed by atoms with E-state index in [-0.39, 0.29) is 24.9 Å². The number of esters is 2. The molecule has 4 amide bonds. The SMILES string of the molecule is COC(=O)/C=C/[C@](Cc1ccccc1)(NC(=O)c1ccccc1)C(=O)N[C@H](C)c1ccccc1.COC(=O)/C=C/[C@](Cc1ccccc1)(NC(=O)c1ccccc1)C(=O)N[C@H](C)c1ccccc1. The fourth-order valence-electron chi connectivity index (χ4n) is 7.14. The van der Waals surface area contributed by atoms with Crippen molar-refractivity contribution >= 4 is 35.6 Å². The highest BCUT2D eigenvalue weighted by Crippen LogP contribution is 2.23. The Balaban J connectivity index is 0.000000254. The van der Waals surface area contributed by atoms with E-state index in [0.717, 1.165) is 22.3 Å². The van der Waals surface area contributed by atoms with Gasteiger partial charge in [-0.25, -0.2) is 9.59 Å². The van der Waals surface area contributed by atoms with Crippen LogP contribution in [0.25, 0.3) is 0 Å². The summed E-state index contributed by atoms with van der Waals surface area (Å²) in [5, 5.41) is 11.8. The molecule has 0 aliphatic rings. The Morgan fingerprint density at radius 3 is 1.01 bits per heavy atom. The van der Waals surface area contributed by atoms with Crippen molar-refractivity contribution in [1.82, 2.24) is 21.3 Å². The molecule has 12 heteroatoms. The first-order valence-corrected chi connectivity index (χ1v) is 22.0. The van der Waals surface area contributed by atoms with Crippen LogP contribution in [0.2, 0.25) is 0 Å². The lowest BCUT2D eigenvalue weighted by molar-refractivity contribution is -0.135. The number of hydrogen-bond donors (Lipinski definition) is 4. The molecular formula is C56H56N4O8. The van der Waals surface area contributed by atoms with Crippen LogP contribution >= 0.6 is 0 Å². The predicted octanol–water partition coefficient (Wildman–Crippen LogP) is 8.01. The van der Waals surface area contributed by atoms with Gasteiger partial charge in [-0.3, -0.25) is 19.2 Å². The lowest BCUT2D eigenvalue weighted by Gasteiger charge is -2.32. The summed E-state index contributed by atoms with van der Waals surface area (Å²) in [5.41, 5.74) is 1.15. The predicted molar refractivity (Wildman–Crippen MR) is 262 cm³/mol. The minimum Gasteiger partial charge on any atom is -0.466 e. The number of benzene rings is 6. The van der Waals surface area contributed by atoms with Crippen molar-refractivity contribution in [3.05, 3.63) is 240 Å². The molecule has 0 radical (unpaired) electrons. The quantitative estimate of drug-likeness (QED) is 0.0497. The number of hydrogen-bond acceptors (Lipinski definition) is 8. The maximum absolute atomic E-state index is 13.8. The third-order valence-corrected chi connectivity index (χ3v) is 10.9. The Morgan fingerprint density at radius 1 is 0.441 bits per heavy atom. The van der Waals surface area contributed by atoms with Crippen molar-refractivity contribution < 1.29 is 38.2 Å². The van der Waals surface area contributed by atoms with Crippen LogP contribution in [0, 0.1) is 0 Å². The zero-order chi connectivity index (χ0) is 48.8. The number of carbonyl (C=O) groups excluding carboxylic acids is 6. The molecule has 12 nitrogen and oxygen atoms in total. The molecule has 6 aromatic rings. The minimum absolute atomic E-state index is 0.132. The van der Waals surface area contributed by atoms with Crippen molar-refractivity contribution in [3.63, 3.8) is 0 Å². The first-order chi connectivity index (χ1) is 32.9. The maximum Gasteiger partial charge on any atom is 0.330 e. The molecule has 4 N–H and O–H groups in total. The molecule has 0 heterocycles. The minimum atomic E-state index is -1.55. The zero-order valence-corrected chi connectivity index (χ0v) is 38.5. The van der Waals surface area contributed by atoms with Gasteiger partial charge in [0.2, 0.25) is 0 Å². The van der Waals surface area contributed by atoms with Gasteiger partial charge in [0.25, 0.3) is 23.6 Å². The van der Waals surface area contributed by atoms with Gasteiger partial charge in [0.15, 0.2) is 0 Å². The number of rotatable bonds is 18. The van der Waals surface area contributed by atoms with Crippen molar-refractivity contribution in [3.8, 4) is 0 Å². The van der Waals surface area contributed by atoms with Crippen LogP contribution in [0.15, 0.2) is 206 Å². The highest BCUT2D eigenvalue weighted by Gasteiger charge is 2.40. The number of methoxy groups -OCH3 is 2. The number of ether oxygens (including phenoxy) is 2. The summed E-state index contributed by atoms with van der Waals surface area (Å²) in [7, 11) is 2.51. The molecule has 4 atom stereocenters. The van der Waals surface area contributed by atoms with Gasteiger partial charge in [-0.2, -0.15) is 0 Å². The summed E-state index contributed by atoms with van der Waals surface area (Å²) in [6.45, 7) is 3.73. The second-order valence-corrected chi connectivity index (χ2v) is 15.8. The summed E-state index contributed by atoms with van der Waals surface area (Å²) < 4.78 is 9.49. The molecule has 0 saturated carbocycles.